The highest BCUT2D eigenvalue weighted by molar-refractivity contribution is 6.00. The number of hydrogen-bond donors (Lipinski definition) is 1. The summed E-state index contributed by atoms with van der Waals surface area (Å²) in [6.45, 7) is 4.05. The first-order chi connectivity index (χ1) is 8.66. The van der Waals surface area contributed by atoms with Crippen molar-refractivity contribution in [1.82, 2.24) is 0 Å². The molecule has 0 amide bonds. The number of benzene rings is 2. The van der Waals surface area contributed by atoms with Gasteiger partial charge in [-0.2, -0.15) is 0 Å². The molecule has 0 unspecified atom stereocenters. The van der Waals surface area contributed by atoms with Crippen molar-refractivity contribution in [3.05, 3.63) is 53.1 Å². The van der Waals surface area contributed by atoms with E-state index in [2.05, 4.69) is 5.32 Å². The van der Waals surface area contributed by atoms with Gasteiger partial charge >= 0.3 is 5.97 Å². The molecular formula is C15H13NO2. The minimum absolute atomic E-state index is 0.319. The Balaban J connectivity index is 2.23. The third-order valence-corrected chi connectivity index (χ3v) is 3.31. The van der Waals surface area contributed by atoms with Crippen LogP contribution in [0.25, 0.3) is 0 Å². The van der Waals surface area contributed by atoms with Gasteiger partial charge in [0, 0.05) is 0 Å². The SMILES string of the molecule is Cc1ccc2c(c1C)Nc1ccccc1C(=O)O2. The Labute approximate surface area is 105 Å². The Morgan fingerprint density at radius 1 is 1.06 bits per heavy atom. The van der Waals surface area contributed by atoms with Crippen molar-refractivity contribution in [2.24, 2.45) is 0 Å². The molecule has 0 bridgehead atoms. The number of nitrogens with one attached hydrogen (secondary N) is 1. The quantitative estimate of drug-likeness (QED) is 0.564. The molecule has 3 rings (SSSR count). The first kappa shape index (κ1) is 10.8. The van der Waals surface area contributed by atoms with Crippen molar-refractivity contribution < 1.29 is 9.53 Å². The van der Waals surface area contributed by atoms with E-state index in [-0.39, 0.29) is 5.97 Å². The lowest BCUT2D eigenvalue weighted by molar-refractivity contribution is 0.0738. The molecule has 1 heterocycles. The number of hydrogen-bond acceptors (Lipinski definition) is 3. The largest absolute Gasteiger partial charge is 0.421 e. The van der Waals surface area contributed by atoms with Gasteiger partial charge in [0.15, 0.2) is 5.75 Å². The lowest BCUT2D eigenvalue weighted by Crippen LogP contribution is -2.07. The summed E-state index contributed by atoms with van der Waals surface area (Å²) < 4.78 is 5.42. The van der Waals surface area contributed by atoms with Crippen LogP contribution in [0.15, 0.2) is 36.4 Å². The first-order valence-corrected chi connectivity index (χ1v) is 5.85. The van der Waals surface area contributed by atoms with Crippen LogP contribution in [0.3, 0.4) is 0 Å². The van der Waals surface area contributed by atoms with Crippen LogP contribution in [0.1, 0.15) is 21.5 Å². The zero-order valence-electron chi connectivity index (χ0n) is 10.3. The molecule has 3 heteroatoms. The van der Waals surface area contributed by atoms with Crippen molar-refractivity contribution in [1.29, 1.82) is 0 Å². The molecule has 0 atom stereocenters. The summed E-state index contributed by atoms with van der Waals surface area (Å²) in [5.74, 6) is 0.263. The van der Waals surface area contributed by atoms with E-state index in [1.54, 1.807) is 6.07 Å². The molecular weight excluding hydrogens is 226 g/mol. The first-order valence-electron chi connectivity index (χ1n) is 5.85. The normalized spacial score (nSPS) is 12.9. The topological polar surface area (TPSA) is 38.3 Å². The fraction of sp³-hybridized carbons (Fsp3) is 0.133. The minimum atomic E-state index is -0.319. The van der Waals surface area contributed by atoms with Gasteiger partial charge in [-0.3, -0.25) is 0 Å². The summed E-state index contributed by atoms with van der Waals surface area (Å²) in [6, 6.07) is 11.2. The fourth-order valence-electron chi connectivity index (χ4n) is 2.09. The van der Waals surface area contributed by atoms with E-state index in [1.165, 1.54) is 0 Å². The Kier molecular flexibility index (Phi) is 2.33. The zero-order valence-corrected chi connectivity index (χ0v) is 10.3. The molecule has 0 aliphatic carbocycles. The molecule has 0 saturated heterocycles. The molecule has 1 aliphatic rings. The molecule has 1 N–H and O–H groups in total. The van der Waals surface area contributed by atoms with Crippen LogP contribution in [0, 0.1) is 13.8 Å². The van der Waals surface area contributed by atoms with E-state index in [1.807, 2.05) is 44.2 Å². The molecule has 2 aromatic carbocycles. The summed E-state index contributed by atoms with van der Waals surface area (Å²) in [5, 5.41) is 3.30. The Bertz CT molecular complexity index is 647. The van der Waals surface area contributed by atoms with Gasteiger partial charge in [0.1, 0.15) is 0 Å². The third kappa shape index (κ3) is 1.56. The lowest BCUT2D eigenvalue weighted by Gasteiger charge is -2.12. The van der Waals surface area contributed by atoms with Crippen molar-refractivity contribution in [2.45, 2.75) is 13.8 Å². The maximum atomic E-state index is 12.0. The highest BCUT2D eigenvalue weighted by Crippen LogP contribution is 2.37. The molecule has 90 valence electrons. The van der Waals surface area contributed by atoms with Crippen LogP contribution in [-0.2, 0) is 0 Å². The maximum absolute atomic E-state index is 12.0. The van der Waals surface area contributed by atoms with Crippen LogP contribution in [0.4, 0.5) is 11.4 Å². The number of esters is 1. The number of ether oxygens (including phenoxy) is 1. The highest BCUT2D eigenvalue weighted by atomic mass is 16.5. The zero-order chi connectivity index (χ0) is 12.7. The molecule has 0 spiro atoms. The summed E-state index contributed by atoms with van der Waals surface area (Å²) in [6.07, 6.45) is 0. The van der Waals surface area contributed by atoms with Crippen LogP contribution >= 0.6 is 0 Å². The van der Waals surface area contributed by atoms with Gasteiger partial charge in [-0.05, 0) is 43.2 Å². The molecule has 1 aliphatic heterocycles. The monoisotopic (exact) mass is 239 g/mol. The molecule has 18 heavy (non-hydrogen) atoms. The van der Waals surface area contributed by atoms with Gasteiger partial charge in [-0.1, -0.05) is 18.2 Å². The number of carbonyl (C=O) groups is 1. The van der Waals surface area contributed by atoms with Crippen molar-refractivity contribution in [3.63, 3.8) is 0 Å². The van der Waals surface area contributed by atoms with E-state index in [4.69, 9.17) is 4.74 Å². The predicted molar refractivity (Wildman–Crippen MR) is 70.6 cm³/mol. The minimum Gasteiger partial charge on any atom is -0.421 e. The molecule has 3 nitrogen and oxygen atoms in total. The van der Waals surface area contributed by atoms with Gasteiger partial charge < -0.3 is 10.1 Å². The highest BCUT2D eigenvalue weighted by Gasteiger charge is 2.21. The van der Waals surface area contributed by atoms with Gasteiger partial charge in [-0.15, -0.1) is 0 Å². The second kappa shape index (κ2) is 3.88. The molecule has 0 fully saturated rings. The summed E-state index contributed by atoms with van der Waals surface area (Å²) in [5.41, 5.74) is 4.47. The van der Waals surface area contributed by atoms with Crippen LogP contribution in [0.5, 0.6) is 5.75 Å². The number of para-hydroxylation sites is 1. The third-order valence-electron chi connectivity index (χ3n) is 3.31. The fourth-order valence-corrected chi connectivity index (χ4v) is 2.09. The standard InChI is InChI=1S/C15H13NO2/c1-9-7-8-13-14(10(9)2)16-12-6-4-3-5-11(12)15(17)18-13/h3-8,16H,1-2H3. The van der Waals surface area contributed by atoms with Crippen LogP contribution in [0.2, 0.25) is 0 Å². The number of fused-ring (bicyclic) bond motifs is 2. The molecule has 0 aromatic heterocycles. The van der Waals surface area contributed by atoms with Gasteiger partial charge in [0.05, 0.1) is 16.9 Å². The summed E-state index contributed by atoms with van der Waals surface area (Å²) in [4.78, 5) is 12.0. The van der Waals surface area contributed by atoms with E-state index >= 15 is 0 Å². The van der Waals surface area contributed by atoms with Crippen LogP contribution in [-0.4, -0.2) is 5.97 Å². The van der Waals surface area contributed by atoms with Gasteiger partial charge in [0.25, 0.3) is 0 Å². The molecule has 0 radical (unpaired) electrons. The molecule has 2 aromatic rings. The summed E-state index contributed by atoms with van der Waals surface area (Å²) >= 11 is 0. The van der Waals surface area contributed by atoms with Crippen LogP contribution < -0.4 is 10.1 Å². The van der Waals surface area contributed by atoms with E-state index in [0.717, 1.165) is 22.5 Å². The second-order valence-corrected chi connectivity index (χ2v) is 4.44. The number of carbonyl (C=O) groups excluding carboxylic acids is 1. The lowest BCUT2D eigenvalue weighted by atomic mass is 10.1. The Morgan fingerprint density at radius 2 is 1.83 bits per heavy atom. The average Bonchev–Trinajstić information content (AvgIpc) is 2.52. The van der Waals surface area contributed by atoms with E-state index < -0.39 is 0 Å². The number of rotatable bonds is 0. The smallest absolute Gasteiger partial charge is 0.345 e. The Hall–Kier alpha value is -2.29. The van der Waals surface area contributed by atoms with Crippen molar-refractivity contribution in [3.8, 4) is 5.75 Å². The maximum Gasteiger partial charge on any atom is 0.345 e. The molecule has 0 saturated carbocycles. The van der Waals surface area contributed by atoms with Gasteiger partial charge in [0.2, 0.25) is 0 Å². The number of anilines is 2. The van der Waals surface area contributed by atoms with Gasteiger partial charge in [-0.25, -0.2) is 4.79 Å². The Morgan fingerprint density at radius 3 is 2.67 bits per heavy atom. The van der Waals surface area contributed by atoms with E-state index in [0.29, 0.717) is 11.3 Å². The average molecular weight is 239 g/mol. The van der Waals surface area contributed by atoms with E-state index in [9.17, 15) is 4.79 Å². The summed E-state index contributed by atoms with van der Waals surface area (Å²) in [7, 11) is 0. The number of aryl methyl sites for hydroxylation is 1. The predicted octanol–water partition coefficient (Wildman–Crippen LogP) is 3.58. The van der Waals surface area contributed by atoms with Crippen molar-refractivity contribution >= 4 is 17.3 Å². The van der Waals surface area contributed by atoms with Crippen molar-refractivity contribution in [2.75, 3.05) is 5.32 Å². The second-order valence-electron chi connectivity index (χ2n) is 4.44.